The average molecular weight is 431 g/mol. The van der Waals surface area contributed by atoms with E-state index in [0.717, 1.165) is 28.2 Å². The summed E-state index contributed by atoms with van der Waals surface area (Å²) in [6.07, 6.45) is 1.72. The molecule has 4 rings (SSSR count). The molecule has 0 saturated heterocycles. The molecule has 156 valence electrons. The smallest absolute Gasteiger partial charge is 0.205 e. The number of benzene rings is 3. The number of nitrogen functional groups attached to an aromatic ring is 1. The Morgan fingerprint density at radius 1 is 1.03 bits per heavy atom. The van der Waals surface area contributed by atoms with Gasteiger partial charge >= 0.3 is 0 Å². The van der Waals surface area contributed by atoms with Crippen LogP contribution in [0, 0.1) is 0 Å². The van der Waals surface area contributed by atoms with Crippen molar-refractivity contribution >= 4 is 28.5 Å². The molecule has 0 aliphatic carbocycles. The quantitative estimate of drug-likeness (QED) is 0.288. The highest BCUT2D eigenvalue weighted by Gasteiger charge is 2.06. The zero-order valence-corrected chi connectivity index (χ0v) is 17.8. The third-order valence-electron chi connectivity index (χ3n) is 4.56. The monoisotopic (exact) mass is 430 g/mol. The molecule has 0 amide bonds. The lowest BCUT2D eigenvalue weighted by Crippen LogP contribution is -2.00. The Morgan fingerprint density at radius 3 is 2.52 bits per heavy atom. The summed E-state index contributed by atoms with van der Waals surface area (Å²) in [5.74, 6) is 2.03. The summed E-state index contributed by atoms with van der Waals surface area (Å²) < 4.78 is 11.5. The minimum Gasteiger partial charge on any atom is -0.496 e. The van der Waals surface area contributed by atoms with Crippen molar-refractivity contribution in [2.24, 2.45) is 5.10 Å². The van der Waals surface area contributed by atoms with E-state index in [1.165, 1.54) is 16.9 Å². The predicted molar refractivity (Wildman–Crippen MR) is 127 cm³/mol. The Kier molecular flexibility index (Phi) is 6.44. The van der Waals surface area contributed by atoms with Gasteiger partial charge in [-0.2, -0.15) is 5.10 Å². The second-order valence-electron chi connectivity index (χ2n) is 6.70. The molecule has 4 aromatic rings. The maximum Gasteiger partial charge on any atom is 0.205 e. The van der Waals surface area contributed by atoms with Crippen LogP contribution >= 0.6 is 11.3 Å². The summed E-state index contributed by atoms with van der Waals surface area (Å²) in [4.78, 5) is 4.11. The van der Waals surface area contributed by atoms with Gasteiger partial charge in [-0.25, -0.2) is 4.98 Å². The van der Waals surface area contributed by atoms with E-state index < -0.39 is 0 Å². The van der Waals surface area contributed by atoms with Crippen LogP contribution in [-0.4, -0.2) is 18.3 Å². The lowest BCUT2D eigenvalue weighted by atomic mass is 10.1. The molecular weight excluding hydrogens is 408 g/mol. The molecule has 7 heteroatoms. The van der Waals surface area contributed by atoms with Crippen molar-refractivity contribution in [2.75, 3.05) is 18.3 Å². The minimum atomic E-state index is 0.381. The zero-order valence-electron chi connectivity index (χ0n) is 17.0. The highest BCUT2D eigenvalue weighted by molar-refractivity contribution is 7.14. The van der Waals surface area contributed by atoms with Gasteiger partial charge in [0.25, 0.3) is 0 Å². The highest BCUT2D eigenvalue weighted by atomic mass is 32.1. The first-order valence-corrected chi connectivity index (χ1v) is 10.5. The number of hydrazone groups is 1. The first-order valence-electron chi connectivity index (χ1n) is 9.66. The SMILES string of the molecule is COc1ccc(C=NNc2nc(N)cs2)cc1COc1ccc(-c2ccccc2)cc1. The topological polar surface area (TPSA) is 81.8 Å². The summed E-state index contributed by atoms with van der Waals surface area (Å²) in [5.41, 5.74) is 12.7. The number of nitrogens with two attached hydrogens (primary N) is 1. The van der Waals surface area contributed by atoms with E-state index in [4.69, 9.17) is 15.2 Å². The molecule has 0 spiro atoms. The van der Waals surface area contributed by atoms with Crippen LogP contribution in [-0.2, 0) is 6.61 Å². The number of hydrogen-bond donors (Lipinski definition) is 2. The number of aromatic nitrogens is 1. The van der Waals surface area contributed by atoms with Gasteiger partial charge in [0.2, 0.25) is 5.13 Å². The fraction of sp³-hybridized carbons (Fsp3) is 0.0833. The van der Waals surface area contributed by atoms with Gasteiger partial charge in [-0.1, -0.05) is 42.5 Å². The van der Waals surface area contributed by atoms with Gasteiger partial charge in [0.1, 0.15) is 23.9 Å². The molecule has 0 aliphatic rings. The van der Waals surface area contributed by atoms with Crippen LogP contribution < -0.4 is 20.6 Å². The first kappa shape index (κ1) is 20.4. The van der Waals surface area contributed by atoms with Gasteiger partial charge in [-0.3, -0.25) is 5.43 Å². The lowest BCUT2D eigenvalue weighted by molar-refractivity contribution is 0.296. The first-order chi connectivity index (χ1) is 15.2. The third kappa shape index (κ3) is 5.40. The third-order valence-corrected chi connectivity index (χ3v) is 5.32. The molecular formula is C24H22N4O2S. The molecule has 0 radical (unpaired) electrons. The molecule has 0 bridgehead atoms. The number of ether oxygens (including phenoxy) is 2. The van der Waals surface area contributed by atoms with Crippen molar-refractivity contribution in [1.29, 1.82) is 0 Å². The Hall–Kier alpha value is -3.84. The molecule has 0 atom stereocenters. The second-order valence-corrected chi connectivity index (χ2v) is 7.56. The van der Waals surface area contributed by atoms with Gasteiger partial charge in [0, 0.05) is 10.9 Å². The summed E-state index contributed by atoms with van der Waals surface area (Å²) in [5, 5.41) is 6.61. The van der Waals surface area contributed by atoms with Crippen molar-refractivity contribution in [3.8, 4) is 22.6 Å². The molecule has 3 aromatic carbocycles. The summed E-state index contributed by atoms with van der Waals surface area (Å²) >= 11 is 1.40. The van der Waals surface area contributed by atoms with E-state index in [9.17, 15) is 0 Å². The van der Waals surface area contributed by atoms with Gasteiger partial charge in [0.15, 0.2) is 0 Å². The van der Waals surface area contributed by atoms with Crippen LogP contribution in [0.25, 0.3) is 11.1 Å². The molecule has 1 heterocycles. The number of hydrogen-bond acceptors (Lipinski definition) is 7. The Labute approximate surface area is 185 Å². The van der Waals surface area contributed by atoms with Crippen LogP contribution in [0.2, 0.25) is 0 Å². The van der Waals surface area contributed by atoms with Crippen molar-refractivity contribution in [1.82, 2.24) is 4.98 Å². The number of rotatable bonds is 8. The molecule has 0 unspecified atom stereocenters. The zero-order chi connectivity index (χ0) is 21.5. The van der Waals surface area contributed by atoms with Crippen molar-refractivity contribution in [2.45, 2.75) is 6.61 Å². The molecule has 0 aliphatic heterocycles. The van der Waals surface area contributed by atoms with Gasteiger partial charge < -0.3 is 15.2 Å². The highest BCUT2D eigenvalue weighted by Crippen LogP contribution is 2.25. The number of methoxy groups -OCH3 is 1. The number of nitrogens with one attached hydrogen (secondary N) is 1. The van der Waals surface area contributed by atoms with Crippen LogP contribution in [0.15, 0.2) is 83.3 Å². The Bertz CT molecular complexity index is 1160. The molecule has 6 nitrogen and oxygen atoms in total. The Morgan fingerprint density at radius 2 is 1.81 bits per heavy atom. The summed E-state index contributed by atoms with van der Waals surface area (Å²) in [6, 6.07) is 24.1. The van der Waals surface area contributed by atoms with Crippen molar-refractivity contribution in [3.05, 3.63) is 89.3 Å². The Balaban J connectivity index is 1.41. The van der Waals surface area contributed by atoms with Crippen LogP contribution in [0.5, 0.6) is 11.5 Å². The molecule has 0 saturated carbocycles. The van der Waals surface area contributed by atoms with Gasteiger partial charge in [-0.05, 0) is 47.0 Å². The standard InChI is InChI=1S/C24H22N4O2S/c1-29-22-12-7-17(14-26-28-24-27-23(25)16-31-24)13-20(22)15-30-21-10-8-19(9-11-21)18-5-3-2-4-6-18/h2-14,16H,15,25H2,1H3,(H,27,28). The molecule has 3 N–H and O–H groups in total. The van der Waals surface area contributed by atoms with Crippen LogP contribution in [0.1, 0.15) is 11.1 Å². The number of nitrogens with zero attached hydrogens (tertiary/aromatic N) is 2. The van der Waals surface area contributed by atoms with E-state index in [-0.39, 0.29) is 0 Å². The molecule has 31 heavy (non-hydrogen) atoms. The van der Waals surface area contributed by atoms with Crippen molar-refractivity contribution in [3.63, 3.8) is 0 Å². The average Bonchev–Trinajstić information content (AvgIpc) is 3.23. The van der Waals surface area contributed by atoms with E-state index >= 15 is 0 Å². The van der Waals surface area contributed by atoms with Gasteiger partial charge in [-0.15, -0.1) is 11.3 Å². The maximum absolute atomic E-state index is 5.99. The number of thiazole rings is 1. The largest absolute Gasteiger partial charge is 0.496 e. The normalized spacial score (nSPS) is 10.9. The van der Waals surface area contributed by atoms with Gasteiger partial charge in [0.05, 0.1) is 13.3 Å². The fourth-order valence-corrected chi connectivity index (χ4v) is 3.58. The van der Waals surface area contributed by atoms with E-state index in [1.807, 2.05) is 48.5 Å². The van der Waals surface area contributed by atoms with E-state index in [0.29, 0.717) is 17.6 Å². The lowest BCUT2D eigenvalue weighted by Gasteiger charge is -2.12. The van der Waals surface area contributed by atoms with E-state index in [1.54, 1.807) is 18.7 Å². The van der Waals surface area contributed by atoms with Crippen LogP contribution in [0.4, 0.5) is 10.9 Å². The van der Waals surface area contributed by atoms with Crippen molar-refractivity contribution < 1.29 is 9.47 Å². The summed E-state index contributed by atoms with van der Waals surface area (Å²) in [7, 11) is 1.65. The second kappa shape index (κ2) is 9.77. The summed E-state index contributed by atoms with van der Waals surface area (Å²) in [6.45, 7) is 0.381. The molecule has 1 aromatic heterocycles. The predicted octanol–water partition coefficient (Wildman–Crippen LogP) is 5.43. The maximum atomic E-state index is 5.99. The number of anilines is 2. The fourth-order valence-electron chi connectivity index (χ4n) is 3.03. The molecule has 0 fully saturated rings. The minimum absolute atomic E-state index is 0.381. The van der Waals surface area contributed by atoms with E-state index in [2.05, 4.69) is 39.8 Å². The van der Waals surface area contributed by atoms with Crippen LogP contribution in [0.3, 0.4) is 0 Å².